The van der Waals surface area contributed by atoms with Gasteiger partial charge in [-0.3, -0.25) is 0 Å². The summed E-state index contributed by atoms with van der Waals surface area (Å²) < 4.78 is 0. The first-order valence-electron chi connectivity index (χ1n) is 6.70. The van der Waals surface area contributed by atoms with Crippen molar-refractivity contribution in [2.24, 2.45) is 23.7 Å². The maximum Gasteiger partial charge on any atom is -0.0116 e. The summed E-state index contributed by atoms with van der Waals surface area (Å²) in [6, 6.07) is 9.26. The van der Waals surface area contributed by atoms with E-state index in [1.807, 2.05) is 0 Å². The second kappa shape index (κ2) is 2.45. The molecule has 16 heavy (non-hydrogen) atoms. The molecule has 1 aromatic carbocycles. The van der Waals surface area contributed by atoms with Crippen molar-refractivity contribution in [2.75, 3.05) is 0 Å². The third-order valence-electron chi connectivity index (χ3n) is 5.82. The number of hydrogen-bond donors (Lipinski definition) is 0. The fourth-order valence-electron chi connectivity index (χ4n) is 5.47. The summed E-state index contributed by atoms with van der Waals surface area (Å²) in [7, 11) is 0. The minimum absolute atomic E-state index is 0.908. The standard InChI is InChI=1S/C16H16/c1-2-4-12-11(3-1)13-8-14(12)16-10-6-5-9(7-10)15(13)16/h1-6,9-10,13-16H,7-8H2. The van der Waals surface area contributed by atoms with Gasteiger partial charge < -0.3 is 0 Å². The summed E-state index contributed by atoms with van der Waals surface area (Å²) in [5.74, 6) is 5.69. The van der Waals surface area contributed by atoms with Gasteiger partial charge in [0, 0.05) is 0 Å². The van der Waals surface area contributed by atoms with Crippen LogP contribution in [0.2, 0.25) is 0 Å². The van der Waals surface area contributed by atoms with E-state index >= 15 is 0 Å². The molecule has 0 saturated heterocycles. The van der Waals surface area contributed by atoms with E-state index in [4.69, 9.17) is 0 Å². The van der Waals surface area contributed by atoms with E-state index in [0.29, 0.717) is 0 Å². The van der Waals surface area contributed by atoms with Gasteiger partial charge in [0.2, 0.25) is 0 Å². The molecule has 6 atom stereocenters. The van der Waals surface area contributed by atoms with Gasteiger partial charge in [-0.15, -0.1) is 0 Å². The van der Waals surface area contributed by atoms with Crippen LogP contribution in [-0.2, 0) is 0 Å². The number of hydrogen-bond acceptors (Lipinski definition) is 0. The number of rotatable bonds is 0. The molecule has 0 heterocycles. The van der Waals surface area contributed by atoms with Gasteiger partial charge in [0.1, 0.15) is 0 Å². The van der Waals surface area contributed by atoms with Gasteiger partial charge in [-0.05, 0) is 59.5 Å². The van der Waals surface area contributed by atoms with Crippen molar-refractivity contribution in [3.63, 3.8) is 0 Å². The van der Waals surface area contributed by atoms with Crippen LogP contribution in [0.3, 0.4) is 0 Å². The predicted molar refractivity (Wildman–Crippen MR) is 64.3 cm³/mol. The Morgan fingerprint density at radius 3 is 1.88 bits per heavy atom. The summed E-state index contributed by atoms with van der Waals surface area (Å²) in [5, 5.41) is 0. The van der Waals surface area contributed by atoms with Gasteiger partial charge in [0.05, 0.1) is 0 Å². The van der Waals surface area contributed by atoms with Crippen LogP contribution in [0.1, 0.15) is 35.8 Å². The lowest BCUT2D eigenvalue weighted by atomic mass is 9.71. The first-order chi connectivity index (χ1) is 7.93. The lowest BCUT2D eigenvalue weighted by Gasteiger charge is -2.33. The quantitative estimate of drug-likeness (QED) is 0.450. The van der Waals surface area contributed by atoms with Crippen molar-refractivity contribution in [2.45, 2.75) is 24.7 Å². The molecule has 6 unspecified atom stereocenters. The van der Waals surface area contributed by atoms with E-state index in [9.17, 15) is 0 Å². The van der Waals surface area contributed by atoms with Crippen LogP contribution in [0.25, 0.3) is 0 Å². The molecule has 4 aliphatic carbocycles. The van der Waals surface area contributed by atoms with E-state index < -0.39 is 0 Å². The third-order valence-corrected chi connectivity index (χ3v) is 5.82. The highest BCUT2D eigenvalue weighted by Crippen LogP contribution is 2.69. The van der Waals surface area contributed by atoms with Gasteiger partial charge in [0.15, 0.2) is 0 Å². The highest BCUT2D eigenvalue weighted by Gasteiger charge is 2.59. The molecular formula is C16H16. The summed E-state index contributed by atoms with van der Waals surface area (Å²) in [4.78, 5) is 0. The maximum absolute atomic E-state index is 2.52. The predicted octanol–water partition coefficient (Wildman–Crippen LogP) is 3.71. The summed E-state index contributed by atoms with van der Waals surface area (Å²) >= 11 is 0. The number of allylic oxidation sites excluding steroid dienone is 2. The van der Waals surface area contributed by atoms with E-state index in [1.165, 1.54) is 12.8 Å². The fraction of sp³-hybridized carbons (Fsp3) is 0.500. The zero-order valence-electron chi connectivity index (χ0n) is 9.34. The Kier molecular flexibility index (Phi) is 1.24. The highest BCUT2D eigenvalue weighted by molar-refractivity contribution is 5.45. The van der Waals surface area contributed by atoms with Crippen LogP contribution >= 0.6 is 0 Å². The van der Waals surface area contributed by atoms with E-state index in [-0.39, 0.29) is 0 Å². The molecule has 0 amide bonds. The van der Waals surface area contributed by atoms with Crippen LogP contribution in [0.5, 0.6) is 0 Å². The molecular weight excluding hydrogens is 192 g/mol. The third kappa shape index (κ3) is 0.714. The highest BCUT2D eigenvalue weighted by atomic mass is 14.6. The van der Waals surface area contributed by atoms with Crippen LogP contribution in [0.15, 0.2) is 36.4 Å². The minimum atomic E-state index is 0.908. The molecule has 2 saturated carbocycles. The first-order valence-corrected chi connectivity index (χ1v) is 6.70. The lowest BCUT2D eigenvalue weighted by molar-refractivity contribution is 0.305. The van der Waals surface area contributed by atoms with Gasteiger partial charge in [-0.1, -0.05) is 36.4 Å². The Hall–Kier alpha value is -1.04. The van der Waals surface area contributed by atoms with Gasteiger partial charge in [-0.25, -0.2) is 0 Å². The number of fused-ring (bicyclic) bond motifs is 12. The second-order valence-electron chi connectivity index (χ2n) is 6.18. The molecule has 5 rings (SSSR count). The average molecular weight is 208 g/mol. The Balaban J connectivity index is 1.73. The normalized spacial score (nSPS) is 49.8. The molecule has 80 valence electrons. The van der Waals surface area contributed by atoms with Gasteiger partial charge in [-0.2, -0.15) is 0 Å². The van der Waals surface area contributed by atoms with Crippen LogP contribution in [-0.4, -0.2) is 0 Å². The summed E-state index contributed by atoms with van der Waals surface area (Å²) in [6.07, 6.45) is 7.98. The van der Waals surface area contributed by atoms with Crippen molar-refractivity contribution in [3.05, 3.63) is 47.5 Å². The lowest BCUT2D eigenvalue weighted by Crippen LogP contribution is -2.25. The molecule has 2 fully saturated rings. The topological polar surface area (TPSA) is 0 Å². The first kappa shape index (κ1) is 8.11. The molecule has 0 N–H and O–H groups in total. The van der Waals surface area contributed by atoms with Crippen molar-refractivity contribution in [1.82, 2.24) is 0 Å². The number of benzene rings is 1. The van der Waals surface area contributed by atoms with Crippen molar-refractivity contribution >= 4 is 0 Å². The molecule has 0 nitrogen and oxygen atoms in total. The molecule has 0 radical (unpaired) electrons. The zero-order chi connectivity index (χ0) is 10.3. The van der Waals surface area contributed by atoms with E-state index in [1.54, 1.807) is 11.1 Å². The second-order valence-corrected chi connectivity index (χ2v) is 6.18. The van der Waals surface area contributed by atoms with E-state index in [0.717, 1.165) is 35.5 Å². The van der Waals surface area contributed by atoms with Crippen molar-refractivity contribution in [1.29, 1.82) is 0 Å². The van der Waals surface area contributed by atoms with Crippen molar-refractivity contribution in [3.8, 4) is 0 Å². The molecule has 4 aliphatic rings. The Morgan fingerprint density at radius 2 is 1.31 bits per heavy atom. The van der Waals surface area contributed by atoms with Gasteiger partial charge >= 0.3 is 0 Å². The Bertz CT molecular complexity index is 456. The fourth-order valence-corrected chi connectivity index (χ4v) is 5.47. The average Bonchev–Trinajstić information content (AvgIpc) is 3.07. The molecule has 4 bridgehead atoms. The molecule has 0 aromatic heterocycles. The molecule has 0 spiro atoms. The van der Waals surface area contributed by atoms with Crippen molar-refractivity contribution < 1.29 is 0 Å². The smallest absolute Gasteiger partial charge is 0.0116 e. The minimum Gasteiger partial charge on any atom is -0.0848 e. The largest absolute Gasteiger partial charge is 0.0848 e. The maximum atomic E-state index is 2.52. The molecule has 1 aromatic rings. The van der Waals surface area contributed by atoms with Crippen LogP contribution in [0.4, 0.5) is 0 Å². The zero-order valence-corrected chi connectivity index (χ0v) is 9.34. The summed E-state index contributed by atoms with van der Waals surface area (Å²) in [5.41, 5.74) is 3.41. The Labute approximate surface area is 96.4 Å². The van der Waals surface area contributed by atoms with Crippen LogP contribution in [0, 0.1) is 23.7 Å². The van der Waals surface area contributed by atoms with Crippen LogP contribution < -0.4 is 0 Å². The van der Waals surface area contributed by atoms with Gasteiger partial charge in [0.25, 0.3) is 0 Å². The SMILES string of the molecule is C1=CC2CC1C1C3CC(c4ccccc43)C21. The van der Waals surface area contributed by atoms with E-state index in [2.05, 4.69) is 36.4 Å². The molecule has 0 aliphatic heterocycles. The molecule has 0 heteroatoms. The Morgan fingerprint density at radius 1 is 0.750 bits per heavy atom. The summed E-state index contributed by atoms with van der Waals surface area (Å²) in [6.45, 7) is 0. The monoisotopic (exact) mass is 208 g/mol.